The summed E-state index contributed by atoms with van der Waals surface area (Å²) in [5.41, 5.74) is -0.521. The number of carbonyl (C=O) groups is 1. The molecule has 0 saturated carbocycles. The second-order valence-corrected chi connectivity index (χ2v) is 4.04. The van der Waals surface area contributed by atoms with Gasteiger partial charge in [0.1, 0.15) is 0 Å². The van der Waals surface area contributed by atoms with Crippen molar-refractivity contribution in [2.24, 2.45) is 0 Å². The van der Waals surface area contributed by atoms with Gasteiger partial charge < -0.3 is 10.6 Å². The summed E-state index contributed by atoms with van der Waals surface area (Å²) in [7, 11) is 0. The summed E-state index contributed by atoms with van der Waals surface area (Å²) in [6.45, 7) is 4.14. The minimum Gasteiger partial charge on any atom is -0.352 e. The Morgan fingerprint density at radius 1 is 1.16 bits per heavy atom. The van der Waals surface area contributed by atoms with Crippen molar-refractivity contribution in [3.8, 4) is 0 Å². The number of carbonyl (C=O) groups excluding carboxylic acids is 1. The van der Waals surface area contributed by atoms with Gasteiger partial charge in [-0.3, -0.25) is 4.79 Å². The average Bonchev–Trinajstić information content (AvgIpc) is 2.37. The van der Waals surface area contributed by atoms with E-state index in [-0.39, 0.29) is 11.5 Å². The Balaban J connectivity index is 2.45. The first-order valence-corrected chi connectivity index (χ1v) is 6.11. The number of alkyl halides is 3. The van der Waals surface area contributed by atoms with Crippen LogP contribution in [0.15, 0.2) is 24.3 Å². The van der Waals surface area contributed by atoms with E-state index in [1.165, 1.54) is 12.1 Å². The number of halogens is 3. The molecule has 0 atom stereocenters. The lowest BCUT2D eigenvalue weighted by molar-refractivity contribution is -0.137. The van der Waals surface area contributed by atoms with Gasteiger partial charge in [-0.1, -0.05) is 6.92 Å². The topological polar surface area (TPSA) is 41.1 Å². The van der Waals surface area contributed by atoms with Gasteiger partial charge in [-0.2, -0.15) is 13.2 Å². The van der Waals surface area contributed by atoms with Crippen LogP contribution in [0.25, 0.3) is 0 Å². The molecule has 19 heavy (non-hydrogen) atoms. The molecule has 0 spiro atoms. The number of amides is 1. The molecule has 0 saturated heterocycles. The molecule has 1 aromatic carbocycles. The maximum Gasteiger partial charge on any atom is 0.416 e. The molecule has 1 aromatic rings. The average molecular weight is 274 g/mol. The van der Waals surface area contributed by atoms with Gasteiger partial charge in [0.2, 0.25) is 0 Å². The van der Waals surface area contributed by atoms with Crippen LogP contribution >= 0.6 is 0 Å². The molecule has 2 N–H and O–H groups in total. The number of rotatable bonds is 6. The molecule has 0 aliphatic rings. The van der Waals surface area contributed by atoms with E-state index in [2.05, 4.69) is 10.6 Å². The predicted octanol–water partition coefficient (Wildman–Crippen LogP) is 2.43. The number of hydrogen-bond acceptors (Lipinski definition) is 2. The standard InChI is InChI=1S/C13H17F3N2O/c1-2-17-8-3-9-18-12(19)10-4-6-11(7-5-10)13(14,15)16/h4-7,17H,2-3,8-9H2,1H3,(H,18,19). The zero-order chi connectivity index (χ0) is 14.3. The summed E-state index contributed by atoms with van der Waals surface area (Å²) in [6, 6.07) is 4.19. The van der Waals surface area contributed by atoms with Crippen molar-refractivity contribution in [1.29, 1.82) is 0 Å². The van der Waals surface area contributed by atoms with Crippen LogP contribution in [0.3, 0.4) is 0 Å². The fourth-order valence-electron chi connectivity index (χ4n) is 1.50. The van der Waals surface area contributed by atoms with Crippen LogP contribution < -0.4 is 10.6 Å². The number of benzene rings is 1. The van der Waals surface area contributed by atoms with E-state index in [9.17, 15) is 18.0 Å². The Kier molecular flexibility index (Phi) is 5.82. The van der Waals surface area contributed by atoms with Crippen molar-refractivity contribution in [3.63, 3.8) is 0 Å². The van der Waals surface area contributed by atoms with Gasteiger partial charge in [0.05, 0.1) is 5.56 Å². The molecule has 106 valence electrons. The maximum atomic E-state index is 12.3. The van der Waals surface area contributed by atoms with Crippen LogP contribution in [0.4, 0.5) is 13.2 Å². The monoisotopic (exact) mass is 274 g/mol. The van der Waals surface area contributed by atoms with E-state index in [1.807, 2.05) is 6.92 Å². The molecule has 0 aromatic heterocycles. The van der Waals surface area contributed by atoms with E-state index >= 15 is 0 Å². The van der Waals surface area contributed by atoms with Gasteiger partial charge in [0.25, 0.3) is 5.91 Å². The van der Waals surface area contributed by atoms with Crippen LogP contribution in [-0.4, -0.2) is 25.5 Å². The van der Waals surface area contributed by atoms with E-state index in [4.69, 9.17) is 0 Å². The summed E-state index contributed by atoms with van der Waals surface area (Å²) in [6.07, 6.45) is -3.60. The second kappa shape index (κ2) is 7.13. The van der Waals surface area contributed by atoms with Crippen molar-refractivity contribution < 1.29 is 18.0 Å². The summed E-state index contributed by atoms with van der Waals surface area (Å²) < 4.78 is 37.0. The molecular formula is C13H17F3N2O. The first-order chi connectivity index (χ1) is 8.95. The van der Waals surface area contributed by atoms with Crippen LogP contribution in [0.5, 0.6) is 0 Å². The van der Waals surface area contributed by atoms with Gasteiger partial charge in [-0.15, -0.1) is 0 Å². The molecule has 1 amide bonds. The molecular weight excluding hydrogens is 257 g/mol. The number of nitrogens with one attached hydrogen (secondary N) is 2. The van der Waals surface area contributed by atoms with Crippen molar-refractivity contribution in [2.45, 2.75) is 19.5 Å². The van der Waals surface area contributed by atoms with E-state index < -0.39 is 11.7 Å². The molecule has 0 unspecified atom stereocenters. The fraction of sp³-hybridized carbons (Fsp3) is 0.462. The Bertz CT molecular complexity index is 401. The third-order valence-electron chi connectivity index (χ3n) is 2.54. The van der Waals surface area contributed by atoms with Gasteiger partial charge >= 0.3 is 6.18 Å². The highest BCUT2D eigenvalue weighted by molar-refractivity contribution is 5.94. The quantitative estimate of drug-likeness (QED) is 0.782. The molecule has 0 aliphatic carbocycles. The molecule has 0 fully saturated rings. The van der Waals surface area contributed by atoms with Gasteiger partial charge in [-0.05, 0) is 43.8 Å². The van der Waals surface area contributed by atoms with Gasteiger partial charge in [0, 0.05) is 12.1 Å². The zero-order valence-electron chi connectivity index (χ0n) is 10.7. The minimum atomic E-state index is -4.37. The van der Waals surface area contributed by atoms with E-state index in [0.717, 1.165) is 31.6 Å². The van der Waals surface area contributed by atoms with Crippen molar-refractivity contribution >= 4 is 5.91 Å². The van der Waals surface area contributed by atoms with Crippen LogP contribution in [0.2, 0.25) is 0 Å². The first kappa shape index (κ1) is 15.5. The summed E-state index contributed by atoms with van der Waals surface area (Å²) in [4.78, 5) is 11.6. The van der Waals surface area contributed by atoms with Crippen LogP contribution in [0.1, 0.15) is 29.3 Å². The first-order valence-electron chi connectivity index (χ1n) is 6.11. The highest BCUT2D eigenvalue weighted by Crippen LogP contribution is 2.28. The number of hydrogen-bond donors (Lipinski definition) is 2. The molecule has 0 bridgehead atoms. The van der Waals surface area contributed by atoms with E-state index in [1.54, 1.807) is 0 Å². The van der Waals surface area contributed by atoms with Crippen LogP contribution in [-0.2, 0) is 6.18 Å². The summed E-state index contributed by atoms with van der Waals surface area (Å²) >= 11 is 0. The maximum absolute atomic E-state index is 12.3. The Hall–Kier alpha value is -1.56. The molecule has 0 aliphatic heterocycles. The van der Waals surface area contributed by atoms with Crippen LogP contribution in [0, 0.1) is 0 Å². The lowest BCUT2D eigenvalue weighted by Crippen LogP contribution is -2.27. The fourth-order valence-corrected chi connectivity index (χ4v) is 1.50. The lowest BCUT2D eigenvalue weighted by atomic mass is 10.1. The van der Waals surface area contributed by atoms with Crippen molar-refractivity contribution in [1.82, 2.24) is 10.6 Å². The summed E-state index contributed by atoms with van der Waals surface area (Å²) in [5.74, 6) is -0.356. The van der Waals surface area contributed by atoms with Gasteiger partial charge in [0.15, 0.2) is 0 Å². The highest BCUT2D eigenvalue weighted by Gasteiger charge is 2.30. The Labute approximate surface area is 110 Å². The van der Waals surface area contributed by atoms with Gasteiger partial charge in [-0.25, -0.2) is 0 Å². The molecule has 1 rings (SSSR count). The van der Waals surface area contributed by atoms with Crippen molar-refractivity contribution in [3.05, 3.63) is 35.4 Å². The second-order valence-electron chi connectivity index (χ2n) is 4.04. The SMILES string of the molecule is CCNCCCNC(=O)c1ccc(C(F)(F)F)cc1. The molecule has 6 heteroatoms. The van der Waals surface area contributed by atoms with Crippen molar-refractivity contribution in [2.75, 3.05) is 19.6 Å². The highest BCUT2D eigenvalue weighted by atomic mass is 19.4. The third kappa shape index (κ3) is 5.30. The molecule has 0 radical (unpaired) electrons. The van der Waals surface area contributed by atoms with E-state index in [0.29, 0.717) is 6.54 Å². The third-order valence-corrected chi connectivity index (χ3v) is 2.54. The Morgan fingerprint density at radius 3 is 2.32 bits per heavy atom. The summed E-state index contributed by atoms with van der Waals surface area (Å²) in [5, 5.41) is 5.77. The largest absolute Gasteiger partial charge is 0.416 e. The minimum absolute atomic E-state index is 0.233. The normalized spacial score (nSPS) is 11.4. The smallest absolute Gasteiger partial charge is 0.352 e. The predicted molar refractivity (Wildman–Crippen MR) is 66.9 cm³/mol. The molecule has 3 nitrogen and oxygen atoms in total. The Morgan fingerprint density at radius 2 is 1.79 bits per heavy atom. The zero-order valence-corrected chi connectivity index (χ0v) is 10.7. The lowest BCUT2D eigenvalue weighted by Gasteiger charge is -2.08. The molecule has 0 heterocycles.